The molecule has 0 bridgehead atoms. The summed E-state index contributed by atoms with van der Waals surface area (Å²) in [6.45, 7) is 0. The van der Waals surface area contributed by atoms with Crippen molar-refractivity contribution in [2.75, 3.05) is 18.1 Å². The van der Waals surface area contributed by atoms with Crippen LogP contribution in [0.2, 0.25) is 0 Å². The Bertz CT molecular complexity index is 1160. The summed E-state index contributed by atoms with van der Waals surface area (Å²) in [7, 11) is -1.86. The molecule has 0 fully saturated rings. The quantitative estimate of drug-likeness (QED) is 0.453. The van der Waals surface area contributed by atoms with Crippen molar-refractivity contribution in [3.05, 3.63) is 63.1 Å². The number of hydrogen-bond donors (Lipinski definition) is 1. The van der Waals surface area contributed by atoms with Crippen LogP contribution < -0.4 is 9.46 Å². The Morgan fingerprint density at radius 3 is 2.37 bits per heavy atom. The number of methoxy groups -OCH3 is 1. The molecule has 1 N–H and O–H groups in total. The fraction of sp³-hybridized carbons (Fsp3) is 0.111. The lowest BCUT2D eigenvalue weighted by Gasteiger charge is -2.12. The van der Waals surface area contributed by atoms with Crippen molar-refractivity contribution in [2.24, 2.45) is 0 Å². The minimum absolute atomic E-state index is 0.0505. The molecule has 0 spiro atoms. The van der Waals surface area contributed by atoms with Crippen LogP contribution >= 0.6 is 15.9 Å². The maximum absolute atomic E-state index is 11.4. The van der Waals surface area contributed by atoms with Gasteiger partial charge in [0.1, 0.15) is 5.75 Å². The number of fused-ring (bicyclic) bond motifs is 1. The third-order valence-electron chi connectivity index (χ3n) is 3.90. The summed E-state index contributed by atoms with van der Waals surface area (Å²) >= 11 is 3.32. The van der Waals surface area contributed by atoms with E-state index in [9.17, 15) is 18.5 Å². The van der Waals surface area contributed by atoms with E-state index in [4.69, 9.17) is 4.74 Å². The van der Waals surface area contributed by atoms with Gasteiger partial charge in [0.15, 0.2) is 0 Å². The Morgan fingerprint density at radius 2 is 1.74 bits per heavy atom. The van der Waals surface area contributed by atoms with Crippen molar-refractivity contribution in [2.45, 2.75) is 0 Å². The van der Waals surface area contributed by atoms with Crippen LogP contribution in [-0.2, 0) is 10.0 Å². The molecule has 0 aromatic heterocycles. The highest BCUT2D eigenvalue weighted by atomic mass is 79.9. The van der Waals surface area contributed by atoms with Crippen LogP contribution in [0.5, 0.6) is 5.75 Å². The smallest absolute Gasteiger partial charge is 0.271 e. The van der Waals surface area contributed by atoms with E-state index < -0.39 is 14.9 Å². The second-order valence-corrected chi connectivity index (χ2v) is 8.52. The zero-order valence-electron chi connectivity index (χ0n) is 14.4. The third kappa shape index (κ3) is 4.20. The number of hydrogen-bond acceptors (Lipinski definition) is 5. The molecular weight excluding hydrogens is 436 g/mol. The molecule has 0 aliphatic carbocycles. The van der Waals surface area contributed by atoms with Crippen LogP contribution in [-0.4, -0.2) is 26.7 Å². The zero-order chi connectivity index (χ0) is 19.8. The lowest BCUT2D eigenvalue weighted by Crippen LogP contribution is -2.09. The van der Waals surface area contributed by atoms with Gasteiger partial charge in [-0.3, -0.25) is 14.8 Å². The van der Waals surface area contributed by atoms with Crippen molar-refractivity contribution in [1.29, 1.82) is 0 Å². The highest BCUT2D eigenvalue weighted by Gasteiger charge is 2.17. The van der Waals surface area contributed by atoms with E-state index in [2.05, 4.69) is 20.7 Å². The highest BCUT2D eigenvalue weighted by Crippen LogP contribution is 2.40. The van der Waals surface area contributed by atoms with Gasteiger partial charge in [-0.05, 0) is 50.5 Å². The first-order valence-electron chi connectivity index (χ1n) is 7.72. The van der Waals surface area contributed by atoms with Gasteiger partial charge < -0.3 is 4.74 Å². The summed E-state index contributed by atoms with van der Waals surface area (Å²) in [4.78, 5) is 10.7. The SMILES string of the molecule is COc1c(Br)cc([N+](=O)[O-])cc1-c1ccc2cc(NS(C)(=O)=O)ccc2c1. The fourth-order valence-electron chi connectivity index (χ4n) is 2.80. The van der Waals surface area contributed by atoms with Crippen molar-refractivity contribution in [3.63, 3.8) is 0 Å². The van der Waals surface area contributed by atoms with Gasteiger partial charge in [-0.1, -0.05) is 18.2 Å². The van der Waals surface area contributed by atoms with Gasteiger partial charge in [0.25, 0.3) is 5.69 Å². The largest absolute Gasteiger partial charge is 0.495 e. The van der Waals surface area contributed by atoms with E-state index in [1.165, 1.54) is 19.2 Å². The molecule has 0 heterocycles. The molecule has 9 heteroatoms. The van der Waals surface area contributed by atoms with Gasteiger partial charge in [-0.15, -0.1) is 0 Å². The minimum Gasteiger partial charge on any atom is -0.495 e. The number of nitrogens with zero attached hydrogens (tertiary/aromatic N) is 1. The minimum atomic E-state index is -3.36. The standard InChI is InChI=1S/C18H15BrN2O5S/c1-26-18-16(9-15(21(22)23)10-17(18)19)13-4-3-12-8-14(20-27(2,24)25)6-5-11(12)7-13/h3-10,20H,1-2H3. The first kappa shape index (κ1) is 19.1. The second-order valence-electron chi connectivity index (χ2n) is 5.92. The predicted octanol–water partition coefficient (Wildman–Crippen LogP) is 4.56. The molecule has 0 atom stereocenters. The Morgan fingerprint density at radius 1 is 1.07 bits per heavy atom. The number of nitrogens with one attached hydrogen (secondary N) is 1. The Kier molecular flexibility index (Phi) is 5.07. The van der Waals surface area contributed by atoms with Crippen molar-refractivity contribution < 1.29 is 18.1 Å². The maximum Gasteiger partial charge on any atom is 0.271 e. The van der Waals surface area contributed by atoms with Gasteiger partial charge >= 0.3 is 0 Å². The van der Waals surface area contributed by atoms with E-state index in [-0.39, 0.29) is 5.69 Å². The number of anilines is 1. The van der Waals surface area contributed by atoms with Crippen LogP contribution in [0.4, 0.5) is 11.4 Å². The molecule has 3 rings (SSSR count). The van der Waals surface area contributed by atoms with Crippen LogP contribution in [0.25, 0.3) is 21.9 Å². The van der Waals surface area contributed by atoms with Crippen molar-refractivity contribution in [1.82, 2.24) is 0 Å². The molecule has 3 aromatic rings. The molecule has 0 aliphatic rings. The summed E-state index contributed by atoms with van der Waals surface area (Å²) in [5.74, 6) is 0.496. The number of sulfonamides is 1. The molecule has 0 saturated heterocycles. The van der Waals surface area contributed by atoms with E-state index >= 15 is 0 Å². The Hall–Kier alpha value is -2.65. The Balaban J connectivity index is 2.13. The lowest BCUT2D eigenvalue weighted by molar-refractivity contribution is -0.384. The van der Waals surface area contributed by atoms with Crippen molar-refractivity contribution >= 4 is 48.1 Å². The van der Waals surface area contributed by atoms with Gasteiger partial charge in [0.2, 0.25) is 10.0 Å². The number of ether oxygens (including phenoxy) is 1. The topological polar surface area (TPSA) is 98.5 Å². The molecule has 0 unspecified atom stereocenters. The average molecular weight is 451 g/mol. The van der Waals surface area contributed by atoms with E-state index in [0.717, 1.165) is 22.6 Å². The lowest BCUT2D eigenvalue weighted by atomic mass is 9.99. The number of halogens is 1. The van der Waals surface area contributed by atoms with E-state index in [1.54, 1.807) is 24.3 Å². The summed E-state index contributed by atoms with van der Waals surface area (Å²) in [6.07, 6.45) is 1.09. The second kappa shape index (κ2) is 7.16. The van der Waals surface area contributed by atoms with E-state index in [1.807, 2.05) is 12.1 Å². The average Bonchev–Trinajstić information content (AvgIpc) is 2.59. The molecule has 7 nitrogen and oxygen atoms in total. The fourth-order valence-corrected chi connectivity index (χ4v) is 3.96. The highest BCUT2D eigenvalue weighted by molar-refractivity contribution is 9.10. The summed E-state index contributed by atoms with van der Waals surface area (Å²) in [5, 5.41) is 12.9. The maximum atomic E-state index is 11.4. The van der Waals surface area contributed by atoms with Crippen LogP contribution in [0.3, 0.4) is 0 Å². The number of nitro benzene ring substituents is 1. The van der Waals surface area contributed by atoms with Crippen LogP contribution in [0.1, 0.15) is 0 Å². The number of nitro groups is 1. The molecule has 27 heavy (non-hydrogen) atoms. The van der Waals surface area contributed by atoms with Crippen molar-refractivity contribution in [3.8, 4) is 16.9 Å². The number of rotatable bonds is 5. The molecule has 0 saturated carbocycles. The summed E-state index contributed by atoms with van der Waals surface area (Å²) in [5.41, 5.74) is 1.74. The Labute approximate surface area is 164 Å². The van der Waals surface area contributed by atoms with Crippen LogP contribution in [0, 0.1) is 10.1 Å². The number of benzene rings is 3. The predicted molar refractivity (Wildman–Crippen MR) is 109 cm³/mol. The molecule has 0 aliphatic heterocycles. The number of non-ortho nitro benzene ring substituents is 1. The molecule has 0 amide bonds. The molecule has 3 aromatic carbocycles. The first-order valence-corrected chi connectivity index (χ1v) is 10.4. The molecular formula is C18H15BrN2O5S. The third-order valence-corrected chi connectivity index (χ3v) is 5.09. The molecule has 0 radical (unpaired) electrons. The van der Waals surface area contributed by atoms with Gasteiger partial charge in [0.05, 0.1) is 22.8 Å². The van der Waals surface area contributed by atoms with Gasteiger partial charge in [-0.25, -0.2) is 8.42 Å². The summed E-state index contributed by atoms with van der Waals surface area (Å²) in [6, 6.07) is 13.5. The van der Waals surface area contributed by atoms with E-state index in [0.29, 0.717) is 21.5 Å². The monoisotopic (exact) mass is 450 g/mol. The first-order chi connectivity index (χ1) is 12.7. The summed E-state index contributed by atoms with van der Waals surface area (Å²) < 4.78 is 31.1. The van der Waals surface area contributed by atoms with Crippen LogP contribution in [0.15, 0.2) is 53.0 Å². The zero-order valence-corrected chi connectivity index (χ0v) is 16.8. The van der Waals surface area contributed by atoms with Gasteiger partial charge in [-0.2, -0.15) is 0 Å². The van der Waals surface area contributed by atoms with Gasteiger partial charge in [0, 0.05) is 23.4 Å². The molecule has 140 valence electrons. The normalized spacial score (nSPS) is 11.4.